The fourth-order valence-electron chi connectivity index (χ4n) is 4.28. The molecule has 1 aromatic carbocycles. The maximum absolute atomic E-state index is 12.6. The predicted octanol–water partition coefficient (Wildman–Crippen LogP) is 9.89. The van der Waals surface area contributed by atoms with E-state index in [4.69, 9.17) is 28.3 Å². The molecule has 0 radical (unpaired) electrons. The highest BCUT2D eigenvalue weighted by Gasteiger charge is 2.12. The van der Waals surface area contributed by atoms with E-state index >= 15 is 0 Å². The summed E-state index contributed by atoms with van der Waals surface area (Å²) in [5.74, 6) is 0.787. The van der Waals surface area contributed by atoms with Gasteiger partial charge >= 0.3 is 0 Å². The molecule has 0 fully saturated rings. The van der Waals surface area contributed by atoms with Crippen LogP contribution >= 0.6 is 23.2 Å². The minimum Gasteiger partial charge on any atom is -0.369 e. The smallest absolute Gasteiger partial charge is 0.221 e. The van der Waals surface area contributed by atoms with Crippen molar-refractivity contribution in [2.24, 2.45) is 0 Å². The van der Waals surface area contributed by atoms with E-state index in [1.165, 1.54) is 0 Å². The first-order valence-electron chi connectivity index (χ1n) is 15.7. The van der Waals surface area contributed by atoms with Crippen molar-refractivity contribution < 1.29 is 4.79 Å². The molecule has 6 nitrogen and oxygen atoms in total. The number of amides is 1. The zero-order valence-corrected chi connectivity index (χ0v) is 29.4. The van der Waals surface area contributed by atoms with Gasteiger partial charge in [-0.15, -0.1) is 0 Å². The number of carbonyl (C=O) groups is 1. The molecule has 0 saturated carbocycles. The van der Waals surface area contributed by atoms with E-state index in [1.54, 1.807) is 10.7 Å². The third-order valence-corrected chi connectivity index (χ3v) is 6.97. The van der Waals surface area contributed by atoms with Gasteiger partial charge in [0.2, 0.25) is 5.91 Å². The molecular formula is C35H55Cl2N5O. The second-order valence-electron chi connectivity index (χ2n) is 9.34. The van der Waals surface area contributed by atoms with Gasteiger partial charge in [0, 0.05) is 46.9 Å². The number of nitrogens with one attached hydrogen (secondary N) is 2. The number of carbonyl (C=O) groups excluding carboxylic acids is 1. The van der Waals surface area contributed by atoms with Crippen molar-refractivity contribution >= 4 is 41.1 Å². The molecule has 1 unspecified atom stereocenters. The van der Waals surface area contributed by atoms with Crippen LogP contribution in [-0.4, -0.2) is 52.8 Å². The summed E-state index contributed by atoms with van der Waals surface area (Å²) in [6, 6.07) is 7.42. The van der Waals surface area contributed by atoms with Gasteiger partial charge in [-0.1, -0.05) is 89.6 Å². The SMILES string of the molecule is C=CC(=C/C)/C(=C\C)/C=C/n1nc(-c2cc(Cl)cc(Cl)c2)cc1NCCC(=O)NC(C)CCCN(CC)CC.CC.CC. The van der Waals surface area contributed by atoms with E-state index in [1.807, 2.05) is 90.2 Å². The lowest BCUT2D eigenvalue weighted by atomic mass is 10.1. The van der Waals surface area contributed by atoms with Crippen LogP contribution in [0.3, 0.4) is 0 Å². The fraction of sp³-hybridized carbons (Fsp3) is 0.486. The number of nitrogens with zero attached hydrogens (tertiary/aromatic N) is 3. The summed E-state index contributed by atoms with van der Waals surface area (Å²) >= 11 is 12.5. The van der Waals surface area contributed by atoms with Gasteiger partial charge in [0.25, 0.3) is 0 Å². The molecule has 240 valence electrons. The second-order valence-corrected chi connectivity index (χ2v) is 10.2. The molecule has 0 bridgehead atoms. The Kier molecular flexibility index (Phi) is 22.1. The van der Waals surface area contributed by atoms with Crippen molar-refractivity contribution in [3.05, 3.63) is 76.3 Å². The highest BCUT2D eigenvalue weighted by molar-refractivity contribution is 6.35. The van der Waals surface area contributed by atoms with Crippen molar-refractivity contribution in [2.75, 3.05) is 31.5 Å². The van der Waals surface area contributed by atoms with Crippen molar-refractivity contribution in [3.8, 4) is 11.3 Å². The molecule has 43 heavy (non-hydrogen) atoms. The zero-order chi connectivity index (χ0) is 32.8. The van der Waals surface area contributed by atoms with Crippen LogP contribution in [-0.2, 0) is 4.79 Å². The van der Waals surface area contributed by atoms with Crippen LogP contribution < -0.4 is 10.6 Å². The summed E-state index contributed by atoms with van der Waals surface area (Å²) in [6.07, 6.45) is 12.1. The number of anilines is 1. The van der Waals surface area contributed by atoms with Crippen molar-refractivity contribution in [1.82, 2.24) is 20.0 Å². The fourth-order valence-corrected chi connectivity index (χ4v) is 4.81. The summed E-state index contributed by atoms with van der Waals surface area (Å²) in [7, 11) is 0. The average Bonchev–Trinajstić information content (AvgIpc) is 3.42. The first-order chi connectivity index (χ1) is 20.7. The molecule has 8 heteroatoms. The summed E-state index contributed by atoms with van der Waals surface area (Å²) in [6.45, 7) is 25.9. The first-order valence-corrected chi connectivity index (χ1v) is 16.4. The van der Waals surface area contributed by atoms with Gasteiger partial charge in [0.1, 0.15) is 5.82 Å². The van der Waals surface area contributed by atoms with E-state index in [2.05, 4.69) is 42.9 Å². The molecule has 0 aliphatic heterocycles. The number of hydrogen-bond donors (Lipinski definition) is 2. The van der Waals surface area contributed by atoms with Gasteiger partial charge in [-0.05, 0) is 88.7 Å². The molecule has 0 spiro atoms. The van der Waals surface area contributed by atoms with Crippen molar-refractivity contribution in [3.63, 3.8) is 0 Å². The maximum atomic E-state index is 12.6. The largest absolute Gasteiger partial charge is 0.369 e. The van der Waals surface area contributed by atoms with Crippen LogP contribution in [0.4, 0.5) is 5.82 Å². The van der Waals surface area contributed by atoms with E-state index < -0.39 is 0 Å². The highest BCUT2D eigenvalue weighted by atomic mass is 35.5. The van der Waals surface area contributed by atoms with Gasteiger partial charge in [0.15, 0.2) is 0 Å². The molecule has 1 aromatic heterocycles. The average molecular weight is 633 g/mol. The van der Waals surface area contributed by atoms with Crippen LogP contribution in [0.15, 0.2) is 66.3 Å². The van der Waals surface area contributed by atoms with E-state index in [-0.39, 0.29) is 11.9 Å². The summed E-state index contributed by atoms with van der Waals surface area (Å²) in [5.41, 5.74) is 3.58. The number of aromatic nitrogens is 2. The summed E-state index contributed by atoms with van der Waals surface area (Å²) in [5, 5.41) is 12.3. The Hall–Kier alpha value is -2.80. The van der Waals surface area contributed by atoms with Gasteiger partial charge in [-0.25, -0.2) is 4.68 Å². The third kappa shape index (κ3) is 15.0. The minimum absolute atomic E-state index is 0.0289. The van der Waals surface area contributed by atoms with Crippen LogP contribution in [0, 0.1) is 0 Å². The standard InChI is InChI=1S/C31H43Cl2N5O.2C2H6/c1-7-24(8-2)25(9-3)15-18-38-30(22-29(36-38)26-19-27(32)21-28(33)20-26)34-16-14-31(39)35-23(6)13-12-17-37(10-4)11-5;2*1-2/h7-9,15,18-23,34H,1,10-14,16-17H2,2-6H3,(H,35,39);2*1-2H3/b18-15+,24-8-,25-9-;;. The number of allylic oxidation sites excluding steroid dienone is 6. The lowest BCUT2D eigenvalue weighted by Gasteiger charge is -2.19. The van der Waals surface area contributed by atoms with Crippen molar-refractivity contribution in [2.45, 2.75) is 87.6 Å². The molecule has 0 saturated heterocycles. The first kappa shape index (κ1) is 40.2. The van der Waals surface area contributed by atoms with E-state index in [0.717, 1.165) is 60.7 Å². The molecule has 1 atom stereocenters. The van der Waals surface area contributed by atoms with Crippen LogP contribution in [0.5, 0.6) is 0 Å². The normalized spacial score (nSPS) is 12.3. The Morgan fingerprint density at radius 3 is 2.16 bits per heavy atom. The second kappa shape index (κ2) is 23.6. The molecule has 0 aliphatic carbocycles. The number of rotatable bonds is 16. The van der Waals surface area contributed by atoms with Gasteiger partial charge < -0.3 is 15.5 Å². The monoisotopic (exact) mass is 631 g/mol. The predicted molar refractivity (Wildman–Crippen MR) is 191 cm³/mol. The summed E-state index contributed by atoms with van der Waals surface area (Å²) < 4.78 is 1.76. The van der Waals surface area contributed by atoms with E-state index in [9.17, 15) is 4.79 Å². The van der Waals surface area contributed by atoms with Gasteiger partial charge in [-0.3, -0.25) is 4.79 Å². The summed E-state index contributed by atoms with van der Waals surface area (Å²) in [4.78, 5) is 15.0. The Bertz CT molecular complexity index is 1160. The van der Waals surface area contributed by atoms with E-state index in [0.29, 0.717) is 23.0 Å². The van der Waals surface area contributed by atoms with Crippen LogP contribution in [0.25, 0.3) is 17.5 Å². The lowest BCUT2D eigenvalue weighted by Crippen LogP contribution is -2.34. The van der Waals surface area contributed by atoms with Gasteiger partial charge in [0.05, 0.1) is 5.69 Å². The Morgan fingerprint density at radius 2 is 1.63 bits per heavy atom. The molecule has 1 heterocycles. The van der Waals surface area contributed by atoms with Crippen LogP contribution in [0.1, 0.15) is 81.6 Å². The molecule has 2 N–H and O–H groups in total. The maximum Gasteiger partial charge on any atom is 0.221 e. The molecular weight excluding hydrogens is 577 g/mol. The Morgan fingerprint density at radius 1 is 1.02 bits per heavy atom. The Balaban J connectivity index is 0.00000422. The number of hydrogen-bond acceptors (Lipinski definition) is 4. The van der Waals surface area contributed by atoms with Crippen molar-refractivity contribution in [1.29, 1.82) is 0 Å². The third-order valence-electron chi connectivity index (χ3n) is 6.54. The minimum atomic E-state index is 0.0289. The topological polar surface area (TPSA) is 62.2 Å². The molecule has 0 aliphatic rings. The number of halogens is 2. The highest BCUT2D eigenvalue weighted by Crippen LogP contribution is 2.28. The molecule has 2 aromatic rings. The quantitative estimate of drug-likeness (QED) is 0.181. The zero-order valence-electron chi connectivity index (χ0n) is 27.9. The Labute approximate surface area is 271 Å². The molecule has 1 amide bonds. The number of benzene rings is 1. The lowest BCUT2D eigenvalue weighted by molar-refractivity contribution is -0.121. The molecule has 2 rings (SSSR count). The van der Waals surface area contributed by atoms with Crippen LogP contribution in [0.2, 0.25) is 10.0 Å². The van der Waals surface area contributed by atoms with Gasteiger partial charge in [-0.2, -0.15) is 5.10 Å².